The first kappa shape index (κ1) is 12.7. The van der Waals surface area contributed by atoms with E-state index in [0.717, 1.165) is 10.4 Å². The Bertz CT molecular complexity index is 566. The number of hydrogen-bond donors (Lipinski definition) is 1. The molecule has 0 radical (unpaired) electrons. The van der Waals surface area contributed by atoms with E-state index in [4.69, 9.17) is 5.73 Å². The summed E-state index contributed by atoms with van der Waals surface area (Å²) in [5.41, 5.74) is 7.58. The summed E-state index contributed by atoms with van der Waals surface area (Å²) in [4.78, 5) is 11.6. The summed E-state index contributed by atoms with van der Waals surface area (Å²) in [6.07, 6.45) is 0. The van der Waals surface area contributed by atoms with E-state index >= 15 is 0 Å². The minimum absolute atomic E-state index is 0.145. The first-order valence-electron chi connectivity index (χ1n) is 5.65. The van der Waals surface area contributed by atoms with Gasteiger partial charge in [0.15, 0.2) is 0 Å². The van der Waals surface area contributed by atoms with Crippen LogP contribution in [0.1, 0.15) is 18.4 Å². The van der Waals surface area contributed by atoms with Crippen LogP contribution in [0, 0.1) is 10.1 Å². The van der Waals surface area contributed by atoms with Crippen molar-refractivity contribution in [3.05, 3.63) is 51.4 Å². The normalized spacial score (nSPS) is 12.3. The van der Waals surface area contributed by atoms with Gasteiger partial charge in [-0.05, 0) is 35.5 Å². The summed E-state index contributed by atoms with van der Waals surface area (Å²) in [7, 11) is 0. The zero-order chi connectivity index (χ0) is 13.1. The quantitative estimate of drug-likeness (QED) is 0.678. The molecule has 2 N–H and O–H groups in total. The molecule has 0 aliphatic rings. The Morgan fingerprint density at radius 3 is 2.83 bits per heavy atom. The van der Waals surface area contributed by atoms with Crippen LogP contribution in [0.2, 0.25) is 0 Å². The van der Waals surface area contributed by atoms with E-state index in [1.54, 1.807) is 12.1 Å². The van der Waals surface area contributed by atoms with E-state index in [1.165, 1.54) is 17.4 Å². The molecule has 0 saturated heterocycles. The van der Waals surface area contributed by atoms with E-state index in [1.807, 2.05) is 24.4 Å². The topological polar surface area (TPSA) is 69.2 Å². The van der Waals surface area contributed by atoms with Crippen molar-refractivity contribution in [3.8, 4) is 10.4 Å². The largest absolute Gasteiger partial charge is 0.330 e. The molecule has 2 rings (SSSR count). The minimum atomic E-state index is -0.346. The van der Waals surface area contributed by atoms with Gasteiger partial charge in [-0.3, -0.25) is 10.1 Å². The van der Waals surface area contributed by atoms with E-state index in [2.05, 4.69) is 0 Å². The van der Waals surface area contributed by atoms with Gasteiger partial charge in [-0.2, -0.15) is 0 Å². The smallest absolute Gasteiger partial charge is 0.278 e. The van der Waals surface area contributed by atoms with Gasteiger partial charge in [-0.15, -0.1) is 11.3 Å². The Morgan fingerprint density at radius 1 is 1.44 bits per heavy atom. The summed E-state index contributed by atoms with van der Waals surface area (Å²) >= 11 is 1.52. The van der Waals surface area contributed by atoms with Crippen molar-refractivity contribution in [2.75, 3.05) is 6.54 Å². The molecule has 5 heteroatoms. The van der Waals surface area contributed by atoms with Crippen LogP contribution in [-0.2, 0) is 0 Å². The van der Waals surface area contributed by atoms with Crippen LogP contribution in [0.15, 0.2) is 35.7 Å². The fourth-order valence-corrected chi connectivity index (χ4v) is 2.79. The molecule has 4 nitrogen and oxygen atoms in total. The number of benzene rings is 1. The maximum atomic E-state index is 11.0. The van der Waals surface area contributed by atoms with Crippen LogP contribution in [0.25, 0.3) is 10.4 Å². The molecule has 94 valence electrons. The third-order valence-corrected chi connectivity index (χ3v) is 3.89. The number of nitro benzene ring substituents is 1. The van der Waals surface area contributed by atoms with Gasteiger partial charge in [-0.1, -0.05) is 19.1 Å². The molecule has 0 aliphatic carbocycles. The average molecular weight is 262 g/mol. The lowest BCUT2D eigenvalue weighted by Crippen LogP contribution is -2.07. The summed E-state index contributed by atoms with van der Waals surface area (Å²) in [6, 6.07) is 8.79. The molecule has 1 heterocycles. The van der Waals surface area contributed by atoms with Crippen molar-refractivity contribution < 1.29 is 4.92 Å². The lowest BCUT2D eigenvalue weighted by Gasteiger charge is -2.04. The van der Waals surface area contributed by atoms with Crippen LogP contribution >= 0.6 is 11.3 Å². The molecule has 1 unspecified atom stereocenters. The lowest BCUT2D eigenvalue weighted by atomic mass is 10.0. The SMILES string of the molecule is CC(CN)c1csc(-c2ccccc2[N+](=O)[O-])c1. The molecular formula is C13H14N2O2S. The molecule has 0 bridgehead atoms. The van der Waals surface area contributed by atoms with Gasteiger partial charge in [0.25, 0.3) is 5.69 Å². The van der Waals surface area contributed by atoms with Gasteiger partial charge in [-0.25, -0.2) is 0 Å². The monoisotopic (exact) mass is 262 g/mol. The van der Waals surface area contributed by atoms with Gasteiger partial charge in [0.2, 0.25) is 0 Å². The van der Waals surface area contributed by atoms with E-state index in [-0.39, 0.29) is 16.5 Å². The van der Waals surface area contributed by atoms with Crippen molar-refractivity contribution in [1.29, 1.82) is 0 Å². The lowest BCUT2D eigenvalue weighted by molar-refractivity contribution is -0.384. The highest BCUT2D eigenvalue weighted by Gasteiger charge is 2.16. The number of rotatable bonds is 4. The first-order chi connectivity index (χ1) is 8.63. The second-order valence-corrected chi connectivity index (χ2v) is 5.07. The van der Waals surface area contributed by atoms with Gasteiger partial charge in [0.1, 0.15) is 0 Å². The molecule has 1 aromatic carbocycles. The fraction of sp³-hybridized carbons (Fsp3) is 0.231. The zero-order valence-electron chi connectivity index (χ0n) is 10.00. The van der Waals surface area contributed by atoms with Crippen LogP contribution in [0.5, 0.6) is 0 Å². The molecule has 0 saturated carbocycles. The van der Waals surface area contributed by atoms with E-state index in [0.29, 0.717) is 12.1 Å². The van der Waals surface area contributed by atoms with Crippen LogP contribution < -0.4 is 5.73 Å². The van der Waals surface area contributed by atoms with Crippen molar-refractivity contribution in [2.24, 2.45) is 5.73 Å². The van der Waals surface area contributed by atoms with Gasteiger partial charge >= 0.3 is 0 Å². The zero-order valence-corrected chi connectivity index (χ0v) is 10.8. The van der Waals surface area contributed by atoms with Crippen molar-refractivity contribution in [3.63, 3.8) is 0 Å². The summed E-state index contributed by atoms with van der Waals surface area (Å²) in [6.45, 7) is 2.62. The van der Waals surface area contributed by atoms with Crippen molar-refractivity contribution in [2.45, 2.75) is 12.8 Å². The minimum Gasteiger partial charge on any atom is -0.330 e. The number of nitro groups is 1. The number of hydrogen-bond acceptors (Lipinski definition) is 4. The summed E-state index contributed by atoms with van der Waals surface area (Å²) in [5.74, 6) is 0.276. The average Bonchev–Trinajstić information content (AvgIpc) is 2.87. The van der Waals surface area contributed by atoms with Crippen LogP contribution in [0.3, 0.4) is 0 Å². The Balaban J connectivity index is 2.43. The molecule has 0 amide bonds. The van der Waals surface area contributed by atoms with Crippen molar-refractivity contribution >= 4 is 17.0 Å². The van der Waals surface area contributed by atoms with Crippen LogP contribution in [-0.4, -0.2) is 11.5 Å². The van der Waals surface area contributed by atoms with Gasteiger partial charge in [0, 0.05) is 10.9 Å². The third-order valence-electron chi connectivity index (χ3n) is 2.91. The highest BCUT2D eigenvalue weighted by atomic mass is 32.1. The predicted molar refractivity (Wildman–Crippen MR) is 73.9 cm³/mol. The molecule has 18 heavy (non-hydrogen) atoms. The molecule has 0 fully saturated rings. The summed E-state index contributed by atoms with van der Waals surface area (Å²) in [5, 5.41) is 13.0. The molecule has 1 aromatic heterocycles. The number of para-hydroxylation sites is 1. The van der Waals surface area contributed by atoms with Gasteiger partial charge < -0.3 is 5.73 Å². The summed E-state index contributed by atoms with van der Waals surface area (Å²) < 4.78 is 0. The fourth-order valence-electron chi connectivity index (χ4n) is 1.73. The molecule has 2 aromatic rings. The third kappa shape index (κ3) is 2.42. The van der Waals surface area contributed by atoms with Crippen molar-refractivity contribution in [1.82, 2.24) is 0 Å². The Morgan fingerprint density at radius 2 is 2.17 bits per heavy atom. The highest BCUT2D eigenvalue weighted by molar-refractivity contribution is 7.13. The molecule has 0 spiro atoms. The maximum absolute atomic E-state index is 11.0. The standard InChI is InChI=1S/C13H14N2O2S/c1-9(7-14)10-6-13(18-8-10)11-4-2-3-5-12(11)15(16)17/h2-6,8-9H,7,14H2,1H3. The molecular weight excluding hydrogens is 248 g/mol. The van der Waals surface area contributed by atoms with Gasteiger partial charge in [0.05, 0.1) is 10.5 Å². The molecule has 1 atom stereocenters. The maximum Gasteiger partial charge on any atom is 0.278 e. The highest BCUT2D eigenvalue weighted by Crippen LogP contribution is 2.35. The van der Waals surface area contributed by atoms with E-state index in [9.17, 15) is 10.1 Å². The Kier molecular flexibility index (Phi) is 3.74. The number of thiophene rings is 1. The Labute approximate surface area is 109 Å². The molecule has 0 aliphatic heterocycles. The predicted octanol–water partition coefficient (Wildman–Crippen LogP) is 3.39. The Hall–Kier alpha value is -1.72. The second kappa shape index (κ2) is 5.29. The van der Waals surface area contributed by atoms with Crippen LogP contribution in [0.4, 0.5) is 5.69 Å². The van der Waals surface area contributed by atoms with E-state index < -0.39 is 0 Å². The first-order valence-corrected chi connectivity index (χ1v) is 6.53. The number of nitrogens with two attached hydrogens (primary N) is 1. The second-order valence-electron chi connectivity index (χ2n) is 4.16. The number of nitrogens with zero attached hydrogens (tertiary/aromatic N) is 1.